The molecule has 2 aromatic rings. The number of nitrogen functional groups attached to an aromatic ring is 1. The number of nitrogens with two attached hydrogens (primary N) is 1. The molecule has 1 fully saturated rings. The number of oxime groups is 1. The molecule has 0 radical (unpaired) electrons. The predicted octanol–water partition coefficient (Wildman–Crippen LogP) is 2.72. The molecule has 2 amide bonds. The van der Waals surface area contributed by atoms with Gasteiger partial charge in [-0.15, -0.1) is 46.8 Å². The Morgan fingerprint density at radius 2 is 1.98 bits per heavy atom. The van der Waals surface area contributed by atoms with E-state index in [4.69, 9.17) is 20.0 Å². The summed E-state index contributed by atoms with van der Waals surface area (Å²) in [6, 6.07) is -0.957. The molecule has 2 aromatic heterocycles. The van der Waals surface area contributed by atoms with Crippen LogP contribution in [0.3, 0.4) is 0 Å². The minimum absolute atomic E-state index is 0. The SMILES string of the molecule is CO/N=C(\C(=O)N[C@@H]1C(=O)N2C(C(=O)OCOC(=O)C(C)(C)C)=C(/C=C\c3scnc3C)CS[C@H]12)c1csc(N)n1.Cl. The summed E-state index contributed by atoms with van der Waals surface area (Å²) in [4.78, 5) is 67.0. The maximum atomic E-state index is 13.3. The van der Waals surface area contributed by atoms with Crippen molar-refractivity contribution in [3.63, 3.8) is 0 Å². The van der Waals surface area contributed by atoms with Crippen LogP contribution in [-0.4, -0.2) is 75.4 Å². The Kier molecular flexibility index (Phi) is 10.8. The molecule has 2 atom stereocenters. The minimum atomic E-state index is -0.957. The highest BCUT2D eigenvalue weighted by Crippen LogP contribution is 2.41. The van der Waals surface area contributed by atoms with Crippen LogP contribution in [0.25, 0.3) is 6.08 Å². The summed E-state index contributed by atoms with van der Waals surface area (Å²) in [5, 5.41) is 7.59. The molecule has 0 bridgehead atoms. The van der Waals surface area contributed by atoms with Gasteiger partial charge in [-0.3, -0.25) is 19.3 Å². The first-order chi connectivity index (χ1) is 19.4. The number of hydrogen-bond acceptors (Lipinski definition) is 14. The van der Waals surface area contributed by atoms with Crippen molar-refractivity contribution in [2.75, 3.05) is 25.4 Å². The van der Waals surface area contributed by atoms with E-state index in [0.717, 1.165) is 21.9 Å². The fraction of sp³-hybridized carbons (Fsp3) is 0.400. The first-order valence-corrected chi connectivity index (χ1v) is 15.0. The Hall–Kier alpha value is -3.47. The number of aryl methyl sites for hydroxylation is 1. The quantitative estimate of drug-likeness (QED) is 0.133. The molecule has 4 rings (SSSR count). The molecule has 1 saturated heterocycles. The number of β-lactam (4-membered cyclic amide) rings is 1. The molecule has 2 aliphatic rings. The van der Waals surface area contributed by atoms with Gasteiger partial charge >= 0.3 is 11.9 Å². The molecule has 226 valence electrons. The average Bonchev–Trinajstić information content (AvgIpc) is 3.54. The lowest BCUT2D eigenvalue weighted by molar-refractivity contribution is -0.173. The summed E-state index contributed by atoms with van der Waals surface area (Å²) in [5.74, 6) is -2.26. The van der Waals surface area contributed by atoms with Gasteiger partial charge in [-0.05, 0) is 39.3 Å². The van der Waals surface area contributed by atoms with E-state index in [9.17, 15) is 19.2 Å². The first-order valence-electron chi connectivity index (χ1n) is 12.2. The number of ether oxygens (including phenoxy) is 2. The maximum Gasteiger partial charge on any atom is 0.358 e. The summed E-state index contributed by atoms with van der Waals surface area (Å²) in [5.41, 5.74) is 8.03. The number of nitrogens with zero attached hydrogens (tertiary/aromatic N) is 4. The average molecular weight is 657 g/mol. The number of allylic oxidation sites excluding steroid dienone is 1. The van der Waals surface area contributed by atoms with E-state index in [-0.39, 0.29) is 34.6 Å². The molecular weight excluding hydrogens is 628 g/mol. The van der Waals surface area contributed by atoms with E-state index in [2.05, 4.69) is 20.4 Å². The molecule has 0 saturated carbocycles. The van der Waals surface area contributed by atoms with Crippen molar-refractivity contribution in [2.45, 2.75) is 39.1 Å². The van der Waals surface area contributed by atoms with Gasteiger partial charge in [0.1, 0.15) is 29.9 Å². The fourth-order valence-corrected chi connectivity index (χ4v) is 6.29. The number of aromatic nitrogens is 2. The number of anilines is 1. The third-order valence-corrected chi connectivity index (χ3v) is 8.72. The summed E-state index contributed by atoms with van der Waals surface area (Å²) < 4.78 is 10.3. The van der Waals surface area contributed by atoms with Gasteiger partial charge in [0.15, 0.2) is 10.8 Å². The Bertz CT molecular complexity index is 1460. The van der Waals surface area contributed by atoms with Crippen LogP contribution in [0.5, 0.6) is 0 Å². The summed E-state index contributed by atoms with van der Waals surface area (Å²) in [7, 11) is 1.28. The molecule has 0 spiro atoms. The lowest BCUT2D eigenvalue weighted by atomic mass is 9.98. The number of halogens is 1. The molecule has 2 aliphatic heterocycles. The third-order valence-electron chi connectivity index (χ3n) is 5.85. The van der Waals surface area contributed by atoms with Crippen LogP contribution in [0.15, 0.2) is 33.4 Å². The van der Waals surface area contributed by atoms with Crippen LogP contribution in [0.2, 0.25) is 0 Å². The smallest absolute Gasteiger partial charge is 0.358 e. The van der Waals surface area contributed by atoms with E-state index in [1.54, 1.807) is 37.7 Å². The van der Waals surface area contributed by atoms with Crippen molar-refractivity contribution in [3.05, 3.63) is 44.5 Å². The second-order valence-electron chi connectivity index (χ2n) is 9.80. The van der Waals surface area contributed by atoms with Gasteiger partial charge in [0, 0.05) is 16.0 Å². The molecule has 0 unspecified atom stereocenters. The molecule has 17 heteroatoms. The van der Waals surface area contributed by atoms with Gasteiger partial charge in [0.2, 0.25) is 6.79 Å². The van der Waals surface area contributed by atoms with Gasteiger partial charge in [0.25, 0.3) is 11.8 Å². The Labute approximate surface area is 260 Å². The van der Waals surface area contributed by atoms with Crippen molar-refractivity contribution in [3.8, 4) is 0 Å². The van der Waals surface area contributed by atoms with Crippen molar-refractivity contribution in [1.29, 1.82) is 0 Å². The van der Waals surface area contributed by atoms with Crippen molar-refractivity contribution in [1.82, 2.24) is 20.2 Å². The van der Waals surface area contributed by atoms with Crippen molar-refractivity contribution >= 4 is 87.5 Å². The lowest BCUT2D eigenvalue weighted by Gasteiger charge is -2.49. The Morgan fingerprint density at radius 3 is 2.57 bits per heavy atom. The lowest BCUT2D eigenvalue weighted by Crippen LogP contribution is -2.71. The third kappa shape index (κ3) is 7.11. The highest BCUT2D eigenvalue weighted by Gasteiger charge is 2.54. The highest BCUT2D eigenvalue weighted by atomic mass is 35.5. The van der Waals surface area contributed by atoms with Crippen LogP contribution in [-0.2, 0) is 33.5 Å². The van der Waals surface area contributed by atoms with Crippen molar-refractivity contribution < 1.29 is 33.5 Å². The highest BCUT2D eigenvalue weighted by molar-refractivity contribution is 8.00. The van der Waals surface area contributed by atoms with Gasteiger partial charge in [0.05, 0.1) is 16.6 Å². The monoisotopic (exact) mass is 656 g/mol. The van der Waals surface area contributed by atoms with E-state index in [1.807, 2.05) is 13.0 Å². The standard InChI is InChI=1S/C25H28N6O7S3.ClH/c1-12-15(41-10-27-12)7-6-13-8-39-21-17(29-19(32)16(30-36-5)14-9-40-24(26)28-14)20(33)31(21)18(13)22(34)37-11-38-23(35)25(2,3)4;/h6-7,9-10,17,21H,8,11H2,1-5H3,(H2,26,28)(H,29,32);1H/b7-6-,30-16-;/t17-,21-;/m1./s1. The second-order valence-corrected chi connectivity index (χ2v) is 12.7. The maximum absolute atomic E-state index is 13.3. The van der Waals surface area contributed by atoms with Gasteiger partial charge in [-0.2, -0.15) is 0 Å². The normalized spacial score (nSPS) is 18.6. The number of thiazole rings is 2. The minimum Gasteiger partial charge on any atom is -0.427 e. The van der Waals surface area contributed by atoms with Crippen molar-refractivity contribution in [2.24, 2.45) is 10.6 Å². The number of amides is 2. The van der Waals surface area contributed by atoms with Crippen LogP contribution in [0.1, 0.15) is 37.0 Å². The van der Waals surface area contributed by atoms with E-state index in [1.165, 1.54) is 35.1 Å². The number of esters is 2. The largest absolute Gasteiger partial charge is 0.427 e. The van der Waals surface area contributed by atoms with Gasteiger partial charge < -0.3 is 25.4 Å². The molecule has 0 aliphatic carbocycles. The van der Waals surface area contributed by atoms with E-state index in [0.29, 0.717) is 11.3 Å². The summed E-state index contributed by atoms with van der Waals surface area (Å²) in [6.07, 6.45) is 3.55. The number of rotatable bonds is 9. The number of hydrogen-bond donors (Lipinski definition) is 2. The topological polar surface area (TPSA) is 175 Å². The first kappa shape index (κ1) is 33.0. The zero-order valence-electron chi connectivity index (χ0n) is 23.2. The predicted molar refractivity (Wildman–Crippen MR) is 162 cm³/mol. The number of fused-ring (bicyclic) bond motifs is 1. The van der Waals surface area contributed by atoms with Crippen LogP contribution >= 0.6 is 46.8 Å². The fourth-order valence-electron chi connectivity index (χ4n) is 3.73. The second kappa shape index (κ2) is 13.7. The Balaban J connectivity index is 0.00000484. The molecule has 0 aromatic carbocycles. The zero-order chi connectivity index (χ0) is 29.9. The summed E-state index contributed by atoms with van der Waals surface area (Å²) in [6.45, 7) is 6.27. The van der Waals surface area contributed by atoms with Crippen LogP contribution in [0.4, 0.5) is 5.13 Å². The number of nitrogens with one attached hydrogen (secondary N) is 1. The van der Waals surface area contributed by atoms with E-state index >= 15 is 0 Å². The van der Waals surface area contributed by atoms with Gasteiger partial charge in [-0.1, -0.05) is 11.2 Å². The van der Waals surface area contributed by atoms with Crippen LogP contribution < -0.4 is 11.1 Å². The van der Waals surface area contributed by atoms with Gasteiger partial charge in [-0.25, -0.2) is 14.8 Å². The molecule has 3 N–H and O–H groups in total. The Morgan fingerprint density at radius 1 is 1.24 bits per heavy atom. The zero-order valence-corrected chi connectivity index (χ0v) is 26.5. The van der Waals surface area contributed by atoms with Crippen LogP contribution in [0, 0.1) is 12.3 Å². The summed E-state index contributed by atoms with van der Waals surface area (Å²) >= 11 is 3.92. The molecule has 42 heavy (non-hydrogen) atoms. The van der Waals surface area contributed by atoms with E-state index < -0.39 is 47.4 Å². The molecule has 4 heterocycles. The number of thioether (sulfide) groups is 1. The molecular formula is C25H29ClN6O7S3. The molecule has 13 nitrogen and oxygen atoms in total. The number of carbonyl (C=O) groups is 4. The number of carbonyl (C=O) groups excluding carboxylic acids is 4.